The summed E-state index contributed by atoms with van der Waals surface area (Å²) in [4.78, 5) is 11.6. The summed E-state index contributed by atoms with van der Waals surface area (Å²) in [5, 5.41) is 2.84. The summed E-state index contributed by atoms with van der Waals surface area (Å²) < 4.78 is 0. The molecule has 0 aliphatic carbocycles. The van der Waals surface area contributed by atoms with Crippen molar-refractivity contribution in [2.24, 2.45) is 5.92 Å². The van der Waals surface area contributed by atoms with Crippen molar-refractivity contribution in [3.8, 4) is 0 Å². The molecular formula is C12H18N2O. The fourth-order valence-corrected chi connectivity index (χ4v) is 1.17. The van der Waals surface area contributed by atoms with Gasteiger partial charge in [-0.3, -0.25) is 4.79 Å². The number of nitrogens with two attached hydrogens (primary N) is 1. The van der Waals surface area contributed by atoms with Crippen LogP contribution in [0.3, 0.4) is 0 Å². The number of rotatable bonds is 3. The standard InChI is InChI=1S/C12H18N2O/c1-4-8(2)12(15)14-10-6-5-9(3)11(13)7-10/h5-8H,4,13H2,1-3H3,(H,14,15)/t8-/m1/s1. The maximum Gasteiger partial charge on any atom is 0.227 e. The van der Waals surface area contributed by atoms with E-state index < -0.39 is 0 Å². The lowest BCUT2D eigenvalue weighted by Crippen LogP contribution is -2.19. The Labute approximate surface area is 90.7 Å². The van der Waals surface area contributed by atoms with Crippen LogP contribution in [0.15, 0.2) is 18.2 Å². The number of nitrogen functional groups attached to an aromatic ring is 1. The largest absolute Gasteiger partial charge is 0.398 e. The van der Waals surface area contributed by atoms with Crippen LogP contribution in [0.1, 0.15) is 25.8 Å². The zero-order valence-corrected chi connectivity index (χ0v) is 9.50. The van der Waals surface area contributed by atoms with E-state index in [1.165, 1.54) is 0 Å². The maximum atomic E-state index is 11.6. The average Bonchev–Trinajstić information content (AvgIpc) is 2.22. The van der Waals surface area contributed by atoms with Crippen molar-refractivity contribution in [3.05, 3.63) is 23.8 Å². The SMILES string of the molecule is CC[C@@H](C)C(=O)Nc1ccc(C)c(N)c1. The number of carbonyl (C=O) groups excluding carboxylic acids is 1. The molecule has 15 heavy (non-hydrogen) atoms. The topological polar surface area (TPSA) is 55.1 Å². The third-order valence-electron chi connectivity index (χ3n) is 2.61. The molecule has 82 valence electrons. The number of hydrogen-bond donors (Lipinski definition) is 2. The molecule has 0 radical (unpaired) electrons. The van der Waals surface area contributed by atoms with E-state index in [1.807, 2.05) is 32.9 Å². The number of nitrogens with one attached hydrogen (secondary N) is 1. The van der Waals surface area contributed by atoms with Gasteiger partial charge in [0.1, 0.15) is 0 Å². The highest BCUT2D eigenvalue weighted by Gasteiger charge is 2.10. The first-order valence-electron chi connectivity index (χ1n) is 5.21. The molecular weight excluding hydrogens is 188 g/mol. The van der Waals surface area contributed by atoms with Crippen molar-refractivity contribution in [1.82, 2.24) is 0 Å². The van der Waals surface area contributed by atoms with Crippen LogP contribution in [-0.2, 0) is 4.79 Å². The van der Waals surface area contributed by atoms with Crippen LogP contribution >= 0.6 is 0 Å². The first kappa shape index (κ1) is 11.6. The molecule has 1 rings (SSSR count). The van der Waals surface area contributed by atoms with Gasteiger partial charge in [0.25, 0.3) is 0 Å². The van der Waals surface area contributed by atoms with Gasteiger partial charge < -0.3 is 11.1 Å². The molecule has 0 fully saturated rings. The lowest BCUT2D eigenvalue weighted by molar-refractivity contribution is -0.119. The number of hydrogen-bond acceptors (Lipinski definition) is 2. The Bertz CT molecular complexity index is 361. The Balaban J connectivity index is 2.73. The fourth-order valence-electron chi connectivity index (χ4n) is 1.17. The number of carbonyl (C=O) groups is 1. The molecule has 3 N–H and O–H groups in total. The van der Waals surface area contributed by atoms with Crippen LogP contribution in [0, 0.1) is 12.8 Å². The summed E-state index contributed by atoms with van der Waals surface area (Å²) >= 11 is 0. The third-order valence-corrected chi connectivity index (χ3v) is 2.61. The monoisotopic (exact) mass is 206 g/mol. The first-order chi connectivity index (χ1) is 7.04. The van der Waals surface area contributed by atoms with Gasteiger partial charge in [-0.2, -0.15) is 0 Å². The Morgan fingerprint density at radius 3 is 2.73 bits per heavy atom. The summed E-state index contributed by atoms with van der Waals surface area (Å²) in [6, 6.07) is 5.56. The molecule has 0 heterocycles. The Morgan fingerprint density at radius 1 is 1.53 bits per heavy atom. The summed E-state index contributed by atoms with van der Waals surface area (Å²) in [6.45, 7) is 5.84. The van der Waals surface area contributed by atoms with E-state index in [4.69, 9.17) is 5.73 Å². The molecule has 0 unspecified atom stereocenters. The predicted molar refractivity (Wildman–Crippen MR) is 63.7 cm³/mol. The first-order valence-corrected chi connectivity index (χ1v) is 5.21. The van der Waals surface area contributed by atoms with Crippen LogP contribution in [0.5, 0.6) is 0 Å². The van der Waals surface area contributed by atoms with Gasteiger partial charge in [0, 0.05) is 17.3 Å². The van der Waals surface area contributed by atoms with E-state index in [0.717, 1.165) is 17.7 Å². The molecule has 1 atom stereocenters. The van der Waals surface area contributed by atoms with Gasteiger partial charge in [0.2, 0.25) is 5.91 Å². The van der Waals surface area contributed by atoms with Gasteiger partial charge >= 0.3 is 0 Å². The molecule has 1 aromatic carbocycles. The van der Waals surface area contributed by atoms with E-state index in [2.05, 4.69) is 5.32 Å². The van der Waals surface area contributed by atoms with E-state index in [9.17, 15) is 4.79 Å². The van der Waals surface area contributed by atoms with E-state index in [0.29, 0.717) is 5.69 Å². The molecule has 1 aromatic rings. The minimum Gasteiger partial charge on any atom is -0.398 e. The molecule has 0 aromatic heterocycles. The second kappa shape index (κ2) is 4.82. The van der Waals surface area contributed by atoms with Crippen molar-refractivity contribution < 1.29 is 4.79 Å². The fraction of sp³-hybridized carbons (Fsp3) is 0.417. The normalized spacial score (nSPS) is 12.2. The highest BCUT2D eigenvalue weighted by atomic mass is 16.1. The Hall–Kier alpha value is -1.51. The van der Waals surface area contributed by atoms with Gasteiger partial charge in [-0.15, -0.1) is 0 Å². The van der Waals surface area contributed by atoms with Crippen LogP contribution in [-0.4, -0.2) is 5.91 Å². The molecule has 0 saturated carbocycles. The highest BCUT2D eigenvalue weighted by Crippen LogP contribution is 2.17. The molecule has 0 saturated heterocycles. The number of benzene rings is 1. The summed E-state index contributed by atoms with van der Waals surface area (Å²) in [5.41, 5.74) is 8.25. The van der Waals surface area contributed by atoms with Crippen LogP contribution in [0.2, 0.25) is 0 Å². The molecule has 0 aliphatic rings. The minimum atomic E-state index is 0.0347. The Kier molecular flexibility index (Phi) is 3.72. The number of aryl methyl sites for hydroxylation is 1. The van der Waals surface area contributed by atoms with Crippen LogP contribution in [0.25, 0.3) is 0 Å². The molecule has 3 heteroatoms. The second-order valence-electron chi connectivity index (χ2n) is 3.87. The molecule has 1 amide bonds. The summed E-state index contributed by atoms with van der Waals surface area (Å²) in [6.07, 6.45) is 0.840. The second-order valence-corrected chi connectivity index (χ2v) is 3.87. The van der Waals surface area contributed by atoms with Crippen molar-refractivity contribution in [3.63, 3.8) is 0 Å². The van der Waals surface area contributed by atoms with E-state index in [1.54, 1.807) is 6.07 Å². The van der Waals surface area contributed by atoms with Crippen molar-refractivity contribution in [2.75, 3.05) is 11.1 Å². The lowest BCUT2D eigenvalue weighted by Gasteiger charge is -2.11. The van der Waals surface area contributed by atoms with Gasteiger partial charge in [-0.1, -0.05) is 19.9 Å². The molecule has 0 aliphatic heterocycles. The lowest BCUT2D eigenvalue weighted by atomic mass is 10.1. The maximum absolute atomic E-state index is 11.6. The zero-order valence-electron chi connectivity index (χ0n) is 9.50. The summed E-state index contributed by atoms with van der Waals surface area (Å²) in [5.74, 6) is 0.0771. The van der Waals surface area contributed by atoms with Crippen LogP contribution in [0.4, 0.5) is 11.4 Å². The predicted octanol–water partition coefficient (Wildman–Crippen LogP) is 2.56. The Morgan fingerprint density at radius 2 is 2.20 bits per heavy atom. The third kappa shape index (κ3) is 2.98. The molecule has 3 nitrogen and oxygen atoms in total. The zero-order chi connectivity index (χ0) is 11.4. The molecule has 0 bridgehead atoms. The smallest absolute Gasteiger partial charge is 0.227 e. The van der Waals surface area contributed by atoms with Gasteiger partial charge in [-0.25, -0.2) is 0 Å². The number of amides is 1. The highest BCUT2D eigenvalue weighted by molar-refractivity contribution is 5.92. The van der Waals surface area contributed by atoms with Crippen LogP contribution < -0.4 is 11.1 Å². The molecule has 0 spiro atoms. The van der Waals surface area contributed by atoms with Crippen molar-refractivity contribution in [2.45, 2.75) is 27.2 Å². The van der Waals surface area contributed by atoms with E-state index >= 15 is 0 Å². The van der Waals surface area contributed by atoms with Gasteiger partial charge in [0.15, 0.2) is 0 Å². The van der Waals surface area contributed by atoms with Crippen molar-refractivity contribution >= 4 is 17.3 Å². The quantitative estimate of drug-likeness (QED) is 0.747. The minimum absolute atomic E-state index is 0.0347. The number of anilines is 2. The van der Waals surface area contributed by atoms with Crippen molar-refractivity contribution in [1.29, 1.82) is 0 Å². The van der Waals surface area contributed by atoms with Gasteiger partial charge in [-0.05, 0) is 31.0 Å². The van der Waals surface area contributed by atoms with Gasteiger partial charge in [0.05, 0.1) is 0 Å². The summed E-state index contributed by atoms with van der Waals surface area (Å²) in [7, 11) is 0. The average molecular weight is 206 g/mol. The van der Waals surface area contributed by atoms with E-state index in [-0.39, 0.29) is 11.8 Å².